The molecule has 1 aliphatic heterocycles. The van der Waals surface area contributed by atoms with E-state index in [0.29, 0.717) is 5.95 Å². The molecule has 0 amide bonds. The monoisotopic (exact) mass is 497 g/mol. The maximum absolute atomic E-state index is 14.8. The first-order valence-electron chi connectivity index (χ1n) is 12.2. The Morgan fingerprint density at radius 3 is 2.19 bits per heavy atom. The van der Waals surface area contributed by atoms with Gasteiger partial charge in [0.1, 0.15) is 5.69 Å². The number of hydrogen-bond acceptors (Lipinski definition) is 6. The summed E-state index contributed by atoms with van der Waals surface area (Å²) in [6.45, 7) is 7.49. The van der Waals surface area contributed by atoms with E-state index in [0.717, 1.165) is 50.0 Å². The van der Waals surface area contributed by atoms with Crippen LogP contribution in [0.4, 0.5) is 19.1 Å². The van der Waals surface area contributed by atoms with Crippen LogP contribution < -0.4 is 9.64 Å². The summed E-state index contributed by atoms with van der Waals surface area (Å²) in [6, 6.07) is 3.46. The fourth-order valence-electron chi connectivity index (χ4n) is 3.98. The second-order valence-electron chi connectivity index (χ2n) is 9.22. The minimum Gasteiger partial charge on any atom is -0.487 e. The molecule has 1 saturated heterocycles. The quantitative estimate of drug-likeness (QED) is 0.377. The van der Waals surface area contributed by atoms with Crippen molar-refractivity contribution < 1.29 is 17.9 Å². The van der Waals surface area contributed by atoms with Gasteiger partial charge in [0.05, 0.1) is 12.8 Å². The molecule has 1 aliphatic rings. The second kappa shape index (κ2) is 11.5. The van der Waals surface area contributed by atoms with E-state index in [-0.39, 0.29) is 35.4 Å². The van der Waals surface area contributed by atoms with Gasteiger partial charge in [-0.1, -0.05) is 6.92 Å². The van der Waals surface area contributed by atoms with Gasteiger partial charge in [-0.25, -0.2) is 23.1 Å². The van der Waals surface area contributed by atoms with Gasteiger partial charge < -0.3 is 9.64 Å². The lowest BCUT2D eigenvalue weighted by molar-refractivity contribution is 0.207. The minimum atomic E-state index is -0.835. The van der Waals surface area contributed by atoms with Crippen molar-refractivity contribution in [3.63, 3.8) is 0 Å². The van der Waals surface area contributed by atoms with Crippen LogP contribution in [0.3, 0.4) is 0 Å². The number of aliphatic imine (C=N–C) groups is 1. The number of aryl methyl sites for hydroxylation is 1. The Labute approximate surface area is 209 Å². The first-order valence-corrected chi connectivity index (χ1v) is 12.2. The smallest absolute Gasteiger partial charge is 0.225 e. The van der Waals surface area contributed by atoms with Crippen molar-refractivity contribution in [2.45, 2.75) is 46.1 Å². The van der Waals surface area contributed by atoms with E-state index in [1.54, 1.807) is 0 Å². The molecule has 0 unspecified atom stereocenters. The molecule has 9 heteroatoms. The molecular formula is C27H30F3N5O. The van der Waals surface area contributed by atoms with Gasteiger partial charge in [0.2, 0.25) is 5.95 Å². The normalized spacial score (nSPS) is 14.7. The van der Waals surface area contributed by atoms with Crippen LogP contribution in [-0.4, -0.2) is 46.9 Å². The molecule has 0 saturated carbocycles. The first-order chi connectivity index (χ1) is 17.3. The van der Waals surface area contributed by atoms with Gasteiger partial charge in [0, 0.05) is 43.3 Å². The van der Waals surface area contributed by atoms with Crippen LogP contribution in [0.5, 0.6) is 5.75 Å². The highest BCUT2D eigenvalue weighted by Crippen LogP contribution is 2.30. The highest BCUT2D eigenvalue weighted by atomic mass is 19.1. The van der Waals surface area contributed by atoms with E-state index >= 15 is 0 Å². The fourth-order valence-corrected chi connectivity index (χ4v) is 3.98. The van der Waals surface area contributed by atoms with Gasteiger partial charge in [-0.15, -0.1) is 0 Å². The molecule has 2 aromatic heterocycles. The number of pyridine rings is 1. The second-order valence-corrected chi connectivity index (χ2v) is 9.22. The van der Waals surface area contributed by atoms with E-state index in [4.69, 9.17) is 4.74 Å². The first kappa shape index (κ1) is 25.6. The van der Waals surface area contributed by atoms with Crippen LogP contribution in [-0.2, 0) is 6.42 Å². The Kier molecular flexibility index (Phi) is 8.18. The van der Waals surface area contributed by atoms with Crippen LogP contribution >= 0.6 is 0 Å². The molecule has 0 N–H and O–H groups in total. The summed E-state index contributed by atoms with van der Waals surface area (Å²) >= 11 is 0. The molecule has 0 radical (unpaired) electrons. The summed E-state index contributed by atoms with van der Waals surface area (Å²) in [7, 11) is 0. The minimum absolute atomic E-state index is 0.00104. The number of benzene rings is 1. The maximum atomic E-state index is 14.8. The topological polar surface area (TPSA) is 63.5 Å². The van der Waals surface area contributed by atoms with Crippen LogP contribution in [0.15, 0.2) is 41.8 Å². The zero-order valence-corrected chi connectivity index (χ0v) is 20.7. The Morgan fingerprint density at radius 2 is 1.61 bits per heavy atom. The lowest BCUT2D eigenvalue weighted by Crippen LogP contribution is -2.36. The third-order valence-corrected chi connectivity index (χ3v) is 6.16. The van der Waals surface area contributed by atoms with Crippen molar-refractivity contribution in [3.05, 3.63) is 65.5 Å². The molecule has 0 spiro atoms. The zero-order valence-electron chi connectivity index (χ0n) is 20.7. The molecule has 0 aliphatic carbocycles. The van der Waals surface area contributed by atoms with E-state index in [1.807, 2.05) is 26.2 Å². The van der Waals surface area contributed by atoms with Crippen LogP contribution in [0.1, 0.15) is 44.9 Å². The Bertz CT molecular complexity index is 1190. The number of piperidine rings is 1. The van der Waals surface area contributed by atoms with Gasteiger partial charge in [-0.3, -0.25) is 9.98 Å². The van der Waals surface area contributed by atoms with Crippen LogP contribution in [0.2, 0.25) is 0 Å². The molecule has 1 aromatic carbocycles. The number of aromatic nitrogens is 3. The lowest BCUT2D eigenvalue weighted by atomic mass is 9.98. The highest BCUT2D eigenvalue weighted by molar-refractivity contribution is 5.78. The lowest BCUT2D eigenvalue weighted by Gasteiger charge is -2.31. The van der Waals surface area contributed by atoms with Crippen LogP contribution in [0, 0.1) is 23.4 Å². The van der Waals surface area contributed by atoms with Crippen molar-refractivity contribution in [1.29, 1.82) is 0 Å². The van der Waals surface area contributed by atoms with Crippen molar-refractivity contribution in [2.75, 3.05) is 24.6 Å². The van der Waals surface area contributed by atoms with E-state index in [2.05, 4.69) is 31.8 Å². The van der Waals surface area contributed by atoms with Crippen molar-refractivity contribution >= 4 is 12.2 Å². The predicted octanol–water partition coefficient (Wildman–Crippen LogP) is 5.64. The molecule has 36 heavy (non-hydrogen) atoms. The molecule has 4 rings (SSSR count). The SMILES string of the molecule is CCc1cnc(N2CCC(COc3c(F)cc(-c4cnc(C=NC(C)C)c(F)c4)cc3F)CC2)nc1. The summed E-state index contributed by atoms with van der Waals surface area (Å²) in [5.74, 6) is -1.85. The number of rotatable bonds is 8. The van der Waals surface area contributed by atoms with E-state index < -0.39 is 23.2 Å². The predicted molar refractivity (Wildman–Crippen MR) is 134 cm³/mol. The Morgan fingerprint density at radius 1 is 0.972 bits per heavy atom. The summed E-state index contributed by atoms with van der Waals surface area (Å²) in [5, 5.41) is 0. The van der Waals surface area contributed by atoms with Crippen molar-refractivity contribution in [2.24, 2.45) is 10.9 Å². The number of nitrogens with zero attached hydrogens (tertiary/aromatic N) is 5. The molecule has 0 atom stereocenters. The molecule has 3 aromatic rings. The van der Waals surface area contributed by atoms with Gasteiger partial charge >= 0.3 is 0 Å². The average Bonchev–Trinajstić information content (AvgIpc) is 2.87. The summed E-state index contributed by atoms with van der Waals surface area (Å²) in [6.07, 6.45) is 8.89. The van der Waals surface area contributed by atoms with Crippen molar-refractivity contribution in [3.8, 4) is 16.9 Å². The summed E-state index contributed by atoms with van der Waals surface area (Å²) in [4.78, 5) is 19.1. The Hall–Kier alpha value is -3.49. The largest absolute Gasteiger partial charge is 0.487 e. The number of anilines is 1. The van der Waals surface area contributed by atoms with Gasteiger partial charge in [0.15, 0.2) is 23.2 Å². The van der Waals surface area contributed by atoms with Gasteiger partial charge in [-0.05, 0) is 68.4 Å². The number of halogens is 3. The number of ether oxygens (including phenoxy) is 1. The third kappa shape index (κ3) is 6.19. The maximum Gasteiger partial charge on any atom is 0.225 e. The highest BCUT2D eigenvalue weighted by Gasteiger charge is 2.23. The summed E-state index contributed by atoms with van der Waals surface area (Å²) in [5.41, 5.74) is 1.61. The average molecular weight is 498 g/mol. The molecule has 6 nitrogen and oxygen atoms in total. The molecule has 0 bridgehead atoms. The van der Waals surface area contributed by atoms with Crippen molar-refractivity contribution in [1.82, 2.24) is 15.0 Å². The zero-order chi connectivity index (χ0) is 25.7. The molecular weight excluding hydrogens is 467 g/mol. The van der Waals surface area contributed by atoms with Gasteiger partial charge in [0.25, 0.3) is 0 Å². The van der Waals surface area contributed by atoms with E-state index in [9.17, 15) is 13.2 Å². The standard InChI is InChI=1S/C27H30F3N5O/c1-4-18-12-33-27(34-13-18)35-7-5-19(6-8-35)16-36-26-23(29)9-20(10-24(26)30)21-11-22(28)25(32-14-21)15-31-17(2)3/h9-15,17,19H,4-8,16H2,1-3H3. The molecule has 1 fully saturated rings. The van der Waals surface area contributed by atoms with Crippen LogP contribution in [0.25, 0.3) is 11.1 Å². The fraction of sp³-hybridized carbons (Fsp3) is 0.407. The van der Waals surface area contributed by atoms with Gasteiger partial charge in [-0.2, -0.15) is 0 Å². The van der Waals surface area contributed by atoms with E-state index in [1.165, 1.54) is 18.5 Å². The molecule has 3 heterocycles. The number of hydrogen-bond donors (Lipinski definition) is 0. The third-order valence-electron chi connectivity index (χ3n) is 6.16. The summed E-state index contributed by atoms with van der Waals surface area (Å²) < 4.78 is 49.5. The Balaban J connectivity index is 1.36. The molecule has 190 valence electrons.